The van der Waals surface area contributed by atoms with E-state index >= 15 is 0 Å². The summed E-state index contributed by atoms with van der Waals surface area (Å²) >= 11 is 0. The Balaban J connectivity index is 2.21. The molecule has 1 fully saturated rings. The van der Waals surface area contributed by atoms with Crippen molar-refractivity contribution in [3.63, 3.8) is 0 Å². The molecule has 0 saturated heterocycles. The summed E-state index contributed by atoms with van der Waals surface area (Å²) in [5, 5.41) is 0. The second kappa shape index (κ2) is 3.46. The Morgan fingerprint density at radius 2 is 2.38 bits per heavy atom. The van der Waals surface area contributed by atoms with Crippen molar-refractivity contribution in [1.29, 1.82) is 0 Å². The third-order valence-corrected chi connectivity index (χ3v) is 3.20. The van der Waals surface area contributed by atoms with Crippen LogP contribution in [0.5, 0.6) is 0 Å². The van der Waals surface area contributed by atoms with E-state index < -0.39 is 0 Å². The fourth-order valence-corrected chi connectivity index (χ4v) is 2.12. The number of hydrogen-bond donors (Lipinski definition) is 1. The summed E-state index contributed by atoms with van der Waals surface area (Å²) in [4.78, 5) is 4.18. The van der Waals surface area contributed by atoms with E-state index in [1.807, 2.05) is 12.4 Å². The summed E-state index contributed by atoms with van der Waals surface area (Å²) in [7, 11) is 0. The van der Waals surface area contributed by atoms with Gasteiger partial charge in [0.2, 0.25) is 0 Å². The average molecular weight is 176 g/mol. The van der Waals surface area contributed by atoms with Crippen molar-refractivity contribution < 1.29 is 0 Å². The topological polar surface area (TPSA) is 38.9 Å². The van der Waals surface area contributed by atoms with Gasteiger partial charge in [-0.05, 0) is 55.3 Å². The predicted molar refractivity (Wildman–Crippen MR) is 53.5 cm³/mol. The molecule has 2 N–H and O–H groups in total. The van der Waals surface area contributed by atoms with Gasteiger partial charge >= 0.3 is 0 Å². The monoisotopic (exact) mass is 176 g/mol. The maximum absolute atomic E-state index is 5.69. The molecule has 13 heavy (non-hydrogen) atoms. The molecule has 0 bridgehead atoms. The number of pyridine rings is 1. The van der Waals surface area contributed by atoms with Gasteiger partial charge in [-0.25, -0.2) is 0 Å². The van der Waals surface area contributed by atoms with Crippen LogP contribution in [-0.2, 0) is 0 Å². The fourth-order valence-electron chi connectivity index (χ4n) is 2.12. The van der Waals surface area contributed by atoms with Crippen LogP contribution in [0.1, 0.15) is 29.9 Å². The maximum Gasteiger partial charge on any atom is 0.0305 e. The van der Waals surface area contributed by atoms with Gasteiger partial charge in [0.25, 0.3) is 0 Å². The Morgan fingerprint density at radius 1 is 1.54 bits per heavy atom. The first-order chi connectivity index (χ1) is 6.33. The fraction of sp³-hybridized carbons (Fsp3) is 0.545. The Kier molecular flexibility index (Phi) is 2.32. The molecule has 2 unspecified atom stereocenters. The molecule has 0 amide bonds. The third kappa shape index (κ3) is 1.46. The van der Waals surface area contributed by atoms with Gasteiger partial charge < -0.3 is 5.73 Å². The summed E-state index contributed by atoms with van der Waals surface area (Å²) in [5.41, 5.74) is 8.46. The molecular weight excluding hydrogens is 160 g/mol. The number of aromatic nitrogens is 1. The molecule has 1 aromatic rings. The lowest BCUT2D eigenvalue weighted by atomic mass is 9.69. The van der Waals surface area contributed by atoms with Gasteiger partial charge in [0.1, 0.15) is 0 Å². The lowest BCUT2D eigenvalue weighted by Gasteiger charge is -2.36. The SMILES string of the molecule is Cc1ccncc1C1CCC1CN. The van der Waals surface area contributed by atoms with E-state index in [9.17, 15) is 0 Å². The van der Waals surface area contributed by atoms with Gasteiger partial charge in [-0.2, -0.15) is 0 Å². The smallest absolute Gasteiger partial charge is 0.0305 e. The summed E-state index contributed by atoms with van der Waals surface area (Å²) in [6, 6.07) is 2.08. The van der Waals surface area contributed by atoms with Crippen LogP contribution < -0.4 is 5.73 Å². The minimum atomic E-state index is 0.679. The van der Waals surface area contributed by atoms with E-state index in [1.165, 1.54) is 24.0 Å². The van der Waals surface area contributed by atoms with Crippen LogP contribution in [0.25, 0.3) is 0 Å². The number of aryl methyl sites for hydroxylation is 1. The zero-order valence-corrected chi connectivity index (χ0v) is 8.03. The number of rotatable bonds is 2. The van der Waals surface area contributed by atoms with Crippen molar-refractivity contribution in [2.75, 3.05) is 6.54 Å². The van der Waals surface area contributed by atoms with Crippen molar-refractivity contribution in [3.8, 4) is 0 Å². The quantitative estimate of drug-likeness (QED) is 0.746. The summed E-state index contributed by atoms with van der Waals surface area (Å²) in [6.45, 7) is 2.97. The third-order valence-electron chi connectivity index (χ3n) is 3.20. The molecule has 2 rings (SSSR count). The second-order valence-corrected chi connectivity index (χ2v) is 3.91. The van der Waals surface area contributed by atoms with Gasteiger partial charge in [-0.15, -0.1) is 0 Å². The molecule has 1 aliphatic rings. The standard InChI is InChI=1S/C11H16N2/c1-8-4-5-13-7-11(8)10-3-2-9(10)6-12/h4-5,7,9-10H,2-3,6,12H2,1H3. The highest BCUT2D eigenvalue weighted by molar-refractivity contribution is 5.28. The zero-order chi connectivity index (χ0) is 9.26. The summed E-state index contributed by atoms with van der Waals surface area (Å²) in [5.74, 6) is 1.38. The minimum absolute atomic E-state index is 0.679. The molecule has 2 nitrogen and oxygen atoms in total. The van der Waals surface area contributed by atoms with E-state index in [4.69, 9.17) is 5.73 Å². The first kappa shape index (κ1) is 8.70. The lowest BCUT2D eigenvalue weighted by molar-refractivity contribution is 0.262. The highest BCUT2D eigenvalue weighted by Crippen LogP contribution is 2.42. The first-order valence-electron chi connectivity index (χ1n) is 4.93. The van der Waals surface area contributed by atoms with E-state index in [2.05, 4.69) is 18.0 Å². The number of nitrogens with two attached hydrogens (primary N) is 1. The maximum atomic E-state index is 5.69. The zero-order valence-electron chi connectivity index (χ0n) is 8.03. The van der Waals surface area contributed by atoms with Crippen LogP contribution in [0.15, 0.2) is 18.5 Å². The van der Waals surface area contributed by atoms with Gasteiger partial charge in [0.05, 0.1) is 0 Å². The van der Waals surface area contributed by atoms with Crippen molar-refractivity contribution in [2.24, 2.45) is 11.7 Å². The van der Waals surface area contributed by atoms with Crippen LogP contribution in [0.3, 0.4) is 0 Å². The number of hydrogen-bond acceptors (Lipinski definition) is 2. The second-order valence-electron chi connectivity index (χ2n) is 3.91. The van der Waals surface area contributed by atoms with Gasteiger partial charge in [0, 0.05) is 12.4 Å². The van der Waals surface area contributed by atoms with Crippen molar-refractivity contribution in [3.05, 3.63) is 29.6 Å². The molecule has 1 aromatic heterocycles. The molecule has 1 heterocycles. The van der Waals surface area contributed by atoms with Crippen LogP contribution in [-0.4, -0.2) is 11.5 Å². The molecule has 1 saturated carbocycles. The van der Waals surface area contributed by atoms with Crippen molar-refractivity contribution in [2.45, 2.75) is 25.7 Å². The molecule has 1 aliphatic carbocycles. The normalized spacial score (nSPS) is 26.9. The Hall–Kier alpha value is -0.890. The molecule has 2 heteroatoms. The van der Waals surface area contributed by atoms with Crippen LogP contribution in [0, 0.1) is 12.8 Å². The Bertz CT molecular complexity index is 294. The predicted octanol–water partition coefficient (Wildman–Crippen LogP) is 1.84. The van der Waals surface area contributed by atoms with Crippen molar-refractivity contribution >= 4 is 0 Å². The van der Waals surface area contributed by atoms with E-state index in [0.717, 1.165) is 6.54 Å². The lowest BCUT2D eigenvalue weighted by Crippen LogP contribution is -2.31. The number of nitrogens with zero attached hydrogens (tertiary/aromatic N) is 1. The summed E-state index contributed by atoms with van der Waals surface area (Å²) in [6.07, 6.45) is 6.43. The van der Waals surface area contributed by atoms with E-state index in [-0.39, 0.29) is 0 Å². The van der Waals surface area contributed by atoms with Crippen LogP contribution in [0.2, 0.25) is 0 Å². The molecule has 70 valence electrons. The highest BCUT2D eigenvalue weighted by Gasteiger charge is 2.31. The molecule has 2 atom stereocenters. The first-order valence-corrected chi connectivity index (χ1v) is 4.93. The summed E-state index contributed by atoms with van der Waals surface area (Å²) < 4.78 is 0. The molecule has 0 spiro atoms. The Labute approximate surface area is 79.2 Å². The molecular formula is C11H16N2. The molecule has 0 aliphatic heterocycles. The average Bonchev–Trinajstić information content (AvgIpc) is 2.08. The van der Waals surface area contributed by atoms with E-state index in [0.29, 0.717) is 11.8 Å². The highest BCUT2D eigenvalue weighted by atomic mass is 14.6. The largest absolute Gasteiger partial charge is 0.330 e. The van der Waals surface area contributed by atoms with Crippen LogP contribution in [0.4, 0.5) is 0 Å². The van der Waals surface area contributed by atoms with Crippen LogP contribution >= 0.6 is 0 Å². The Morgan fingerprint density at radius 3 is 2.92 bits per heavy atom. The molecule has 0 radical (unpaired) electrons. The van der Waals surface area contributed by atoms with Gasteiger partial charge in [0.15, 0.2) is 0 Å². The van der Waals surface area contributed by atoms with Gasteiger partial charge in [-0.1, -0.05) is 0 Å². The molecule has 0 aromatic carbocycles. The van der Waals surface area contributed by atoms with Crippen molar-refractivity contribution in [1.82, 2.24) is 4.98 Å². The van der Waals surface area contributed by atoms with Gasteiger partial charge in [-0.3, -0.25) is 4.98 Å². The van der Waals surface area contributed by atoms with E-state index in [1.54, 1.807) is 0 Å². The minimum Gasteiger partial charge on any atom is -0.330 e.